The summed E-state index contributed by atoms with van der Waals surface area (Å²) >= 11 is 0. The molecule has 0 aromatic heterocycles. The third kappa shape index (κ3) is 5.36. The van der Waals surface area contributed by atoms with E-state index in [2.05, 4.69) is 5.32 Å². The Labute approximate surface area is 124 Å². The molecule has 118 valence electrons. The smallest absolute Gasteiger partial charge is 0.147 e. The van der Waals surface area contributed by atoms with Gasteiger partial charge in [0.15, 0.2) is 0 Å². The molecule has 3 nitrogen and oxygen atoms in total. The lowest BCUT2D eigenvalue weighted by molar-refractivity contribution is 0.150. The van der Waals surface area contributed by atoms with Gasteiger partial charge in [0.25, 0.3) is 0 Å². The number of rotatable bonds is 6. The Morgan fingerprint density at radius 2 is 1.60 bits per heavy atom. The topological polar surface area (TPSA) is 46.2 Å². The molecule has 0 aliphatic heterocycles. The van der Waals surface area contributed by atoms with Crippen LogP contribution >= 0.6 is 0 Å². The molecule has 0 aromatic rings. The largest absolute Gasteiger partial charge is 0.314 e. The number of nitrogens with one attached hydrogen (secondary N) is 1. The minimum atomic E-state index is -2.80. The van der Waals surface area contributed by atoms with E-state index in [-0.39, 0.29) is 0 Å². The lowest BCUT2D eigenvalue weighted by Gasteiger charge is -2.39. The zero-order valence-electron chi connectivity index (χ0n) is 12.9. The van der Waals surface area contributed by atoms with Gasteiger partial charge in [0.2, 0.25) is 0 Å². The molecule has 2 rings (SSSR count). The third-order valence-corrected chi connectivity index (χ3v) is 6.20. The molecule has 1 N–H and O–H groups in total. The molecular weight excluding hydrogens is 270 g/mol. The fourth-order valence-corrected chi connectivity index (χ4v) is 4.83. The van der Waals surface area contributed by atoms with E-state index in [1.807, 2.05) is 0 Å². The molecule has 2 fully saturated rings. The zero-order valence-corrected chi connectivity index (χ0v) is 13.8. The van der Waals surface area contributed by atoms with Crippen LogP contribution in [-0.2, 0) is 9.84 Å². The standard InChI is InChI=1S/C16H31NO2S/c1-20(18,19)13-7-12-17-16-11-6-5-10-15(16)14-8-3-2-4-9-14/h14-17H,2-13H2,1H3. The van der Waals surface area contributed by atoms with Gasteiger partial charge in [-0.2, -0.15) is 0 Å². The lowest BCUT2D eigenvalue weighted by Crippen LogP contribution is -2.43. The molecular formula is C16H31NO2S. The number of hydrogen-bond acceptors (Lipinski definition) is 3. The molecule has 2 saturated carbocycles. The second-order valence-corrected chi connectivity index (χ2v) is 9.15. The van der Waals surface area contributed by atoms with Gasteiger partial charge in [-0.3, -0.25) is 0 Å². The Morgan fingerprint density at radius 3 is 2.30 bits per heavy atom. The van der Waals surface area contributed by atoms with E-state index in [0.717, 1.165) is 24.8 Å². The number of hydrogen-bond donors (Lipinski definition) is 1. The normalized spacial score (nSPS) is 29.4. The van der Waals surface area contributed by atoms with Crippen molar-refractivity contribution in [2.45, 2.75) is 70.3 Å². The Hall–Kier alpha value is -0.0900. The summed E-state index contributed by atoms with van der Waals surface area (Å²) in [6.45, 7) is 0.862. The van der Waals surface area contributed by atoms with Gasteiger partial charge >= 0.3 is 0 Å². The van der Waals surface area contributed by atoms with Gasteiger partial charge < -0.3 is 5.32 Å². The molecule has 20 heavy (non-hydrogen) atoms. The van der Waals surface area contributed by atoms with Crippen molar-refractivity contribution >= 4 is 9.84 Å². The van der Waals surface area contributed by atoms with Gasteiger partial charge in [0, 0.05) is 12.3 Å². The summed E-state index contributed by atoms with van der Waals surface area (Å²) in [5, 5.41) is 3.68. The Balaban J connectivity index is 1.77. The fraction of sp³-hybridized carbons (Fsp3) is 1.00. The summed E-state index contributed by atoms with van der Waals surface area (Å²) in [7, 11) is -2.80. The molecule has 2 atom stereocenters. The van der Waals surface area contributed by atoms with Crippen LogP contribution in [0.1, 0.15) is 64.2 Å². The second kappa shape index (κ2) is 7.79. The molecule has 0 spiro atoms. The van der Waals surface area contributed by atoms with E-state index in [1.165, 1.54) is 64.0 Å². The summed E-state index contributed by atoms with van der Waals surface area (Å²) < 4.78 is 22.3. The predicted molar refractivity (Wildman–Crippen MR) is 84.7 cm³/mol. The summed E-state index contributed by atoms with van der Waals surface area (Å²) in [6.07, 6.45) is 14.6. The number of sulfone groups is 1. The highest BCUT2D eigenvalue weighted by Gasteiger charge is 2.31. The van der Waals surface area contributed by atoms with Gasteiger partial charge in [0.1, 0.15) is 9.84 Å². The minimum Gasteiger partial charge on any atom is -0.314 e. The maximum absolute atomic E-state index is 11.2. The van der Waals surface area contributed by atoms with E-state index < -0.39 is 9.84 Å². The van der Waals surface area contributed by atoms with E-state index in [9.17, 15) is 8.42 Å². The van der Waals surface area contributed by atoms with Crippen LogP contribution in [0.4, 0.5) is 0 Å². The van der Waals surface area contributed by atoms with Crippen LogP contribution in [-0.4, -0.2) is 33.0 Å². The SMILES string of the molecule is CS(=O)(=O)CCCNC1CCCCC1C1CCCCC1. The van der Waals surface area contributed by atoms with Crippen LogP contribution in [0.2, 0.25) is 0 Å². The van der Waals surface area contributed by atoms with Crippen LogP contribution in [0.25, 0.3) is 0 Å². The zero-order chi connectivity index (χ0) is 14.4. The first kappa shape index (κ1) is 16.3. The van der Waals surface area contributed by atoms with E-state index in [0.29, 0.717) is 11.8 Å². The van der Waals surface area contributed by atoms with E-state index >= 15 is 0 Å². The molecule has 0 amide bonds. The summed E-state index contributed by atoms with van der Waals surface area (Å²) in [6, 6.07) is 0.645. The average Bonchev–Trinajstić information content (AvgIpc) is 2.44. The Kier molecular flexibility index (Phi) is 6.34. The van der Waals surface area contributed by atoms with Crippen LogP contribution in [0.15, 0.2) is 0 Å². The monoisotopic (exact) mass is 301 g/mol. The molecule has 2 aliphatic rings. The summed E-state index contributed by atoms with van der Waals surface area (Å²) in [4.78, 5) is 0. The molecule has 0 heterocycles. The predicted octanol–water partition coefficient (Wildman–Crippen LogP) is 3.15. The highest BCUT2D eigenvalue weighted by atomic mass is 32.2. The molecule has 4 heteroatoms. The molecule has 2 unspecified atom stereocenters. The first-order valence-corrected chi connectivity index (χ1v) is 10.5. The Bertz CT molecular complexity index is 374. The van der Waals surface area contributed by atoms with Gasteiger partial charge in [-0.1, -0.05) is 44.9 Å². The van der Waals surface area contributed by atoms with Gasteiger partial charge in [0.05, 0.1) is 5.75 Å². The summed E-state index contributed by atoms with van der Waals surface area (Å²) in [5.41, 5.74) is 0. The van der Waals surface area contributed by atoms with Crippen molar-refractivity contribution in [2.75, 3.05) is 18.6 Å². The van der Waals surface area contributed by atoms with Crippen molar-refractivity contribution < 1.29 is 8.42 Å². The van der Waals surface area contributed by atoms with Crippen molar-refractivity contribution in [2.24, 2.45) is 11.8 Å². The van der Waals surface area contributed by atoms with Crippen LogP contribution in [0.5, 0.6) is 0 Å². The maximum Gasteiger partial charge on any atom is 0.147 e. The highest BCUT2D eigenvalue weighted by Crippen LogP contribution is 2.38. The van der Waals surface area contributed by atoms with Crippen molar-refractivity contribution in [3.8, 4) is 0 Å². The average molecular weight is 301 g/mol. The maximum atomic E-state index is 11.2. The molecule has 2 aliphatic carbocycles. The summed E-state index contributed by atoms with van der Waals surface area (Å²) in [5.74, 6) is 2.10. The van der Waals surface area contributed by atoms with Crippen molar-refractivity contribution in [3.63, 3.8) is 0 Å². The van der Waals surface area contributed by atoms with Crippen molar-refractivity contribution in [1.82, 2.24) is 5.32 Å². The van der Waals surface area contributed by atoms with Crippen LogP contribution in [0, 0.1) is 11.8 Å². The van der Waals surface area contributed by atoms with E-state index in [1.54, 1.807) is 0 Å². The lowest BCUT2D eigenvalue weighted by atomic mass is 9.71. The molecule has 0 radical (unpaired) electrons. The second-order valence-electron chi connectivity index (χ2n) is 6.89. The Morgan fingerprint density at radius 1 is 0.950 bits per heavy atom. The van der Waals surface area contributed by atoms with Crippen molar-refractivity contribution in [1.29, 1.82) is 0 Å². The molecule has 0 bridgehead atoms. The quantitative estimate of drug-likeness (QED) is 0.767. The first-order chi connectivity index (χ1) is 9.56. The van der Waals surface area contributed by atoms with E-state index in [4.69, 9.17) is 0 Å². The first-order valence-electron chi connectivity index (χ1n) is 8.47. The van der Waals surface area contributed by atoms with Crippen LogP contribution < -0.4 is 5.32 Å². The molecule has 0 aromatic carbocycles. The van der Waals surface area contributed by atoms with Gasteiger partial charge in [-0.05, 0) is 37.6 Å². The highest BCUT2D eigenvalue weighted by molar-refractivity contribution is 7.90. The van der Waals surface area contributed by atoms with Gasteiger partial charge in [-0.15, -0.1) is 0 Å². The minimum absolute atomic E-state index is 0.320. The van der Waals surface area contributed by atoms with Gasteiger partial charge in [-0.25, -0.2) is 8.42 Å². The van der Waals surface area contributed by atoms with Crippen LogP contribution in [0.3, 0.4) is 0 Å². The third-order valence-electron chi connectivity index (χ3n) is 5.17. The molecule has 0 saturated heterocycles. The fourth-order valence-electron chi connectivity index (χ4n) is 4.16. The van der Waals surface area contributed by atoms with Crippen molar-refractivity contribution in [3.05, 3.63) is 0 Å².